The van der Waals surface area contributed by atoms with Crippen molar-refractivity contribution in [3.8, 4) is 5.69 Å². The molecule has 3 aromatic rings. The third-order valence-electron chi connectivity index (χ3n) is 4.00. The Kier molecular flexibility index (Phi) is 8.85. The number of carbonyl (C=O) groups is 2. The first-order valence-corrected chi connectivity index (χ1v) is 11.2. The van der Waals surface area contributed by atoms with Crippen LogP contribution in [0.2, 0.25) is 5.02 Å². The molecule has 0 saturated heterocycles. The maximum absolute atomic E-state index is 13.1. The average molecular weight is 493 g/mol. The quantitative estimate of drug-likeness (QED) is 0.422. The van der Waals surface area contributed by atoms with Gasteiger partial charge < -0.3 is 15.5 Å². The van der Waals surface area contributed by atoms with Gasteiger partial charge in [0.1, 0.15) is 0 Å². The molecule has 0 unspecified atom stereocenters. The zero-order chi connectivity index (χ0) is 24.6. The molecule has 10 nitrogen and oxygen atoms in total. The smallest absolute Gasteiger partial charge is 0.328 e. The summed E-state index contributed by atoms with van der Waals surface area (Å²) < 4.78 is 27.6. The molecule has 2 heterocycles. The van der Waals surface area contributed by atoms with Crippen LogP contribution in [0.1, 0.15) is 11.4 Å². The van der Waals surface area contributed by atoms with Crippen molar-refractivity contribution in [1.82, 2.24) is 20.1 Å². The van der Waals surface area contributed by atoms with E-state index in [1.165, 1.54) is 10.9 Å². The second-order valence-electron chi connectivity index (χ2n) is 6.52. The Morgan fingerprint density at radius 3 is 2.27 bits per heavy atom. The van der Waals surface area contributed by atoms with Gasteiger partial charge in [-0.3, -0.25) is 4.98 Å². The third-order valence-corrected chi connectivity index (χ3v) is 6.03. The van der Waals surface area contributed by atoms with Crippen LogP contribution in [-0.4, -0.2) is 52.4 Å². The van der Waals surface area contributed by atoms with E-state index in [1.807, 2.05) is 0 Å². The first-order chi connectivity index (χ1) is 15.6. The molecule has 0 amide bonds. The van der Waals surface area contributed by atoms with E-state index in [-0.39, 0.29) is 9.92 Å². The van der Waals surface area contributed by atoms with Gasteiger partial charge >= 0.3 is 11.9 Å². The van der Waals surface area contributed by atoms with Crippen molar-refractivity contribution in [2.45, 2.75) is 23.4 Å². The predicted molar refractivity (Wildman–Crippen MR) is 120 cm³/mol. The summed E-state index contributed by atoms with van der Waals surface area (Å²) in [5, 5.41) is 23.5. The van der Waals surface area contributed by atoms with E-state index in [2.05, 4.69) is 15.4 Å². The Hall–Kier alpha value is -3.54. The molecular weight excluding hydrogens is 472 g/mol. The molecule has 174 valence electrons. The molecule has 0 fully saturated rings. The summed E-state index contributed by atoms with van der Waals surface area (Å²) in [5.74, 6) is -2.51. The number of carboxylic acid groups (broad SMARTS) is 2. The normalized spacial score (nSPS) is 11.1. The highest BCUT2D eigenvalue weighted by Gasteiger charge is 2.26. The van der Waals surface area contributed by atoms with Crippen molar-refractivity contribution in [3.63, 3.8) is 0 Å². The van der Waals surface area contributed by atoms with Crippen molar-refractivity contribution in [1.29, 1.82) is 0 Å². The van der Waals surface area contributed by atoms with Crippen LogP contribution in [0.5, 0.6) is 0 Å². The highest BCUT2D eigenvalue weighted by Crippen LogP contribution is 2.27. The first-order valence-electron chi connectivity index (χ1n) is 9.36. The van der Waals surface area contributed by atoms with Crippen molar-refractivity contribution in [3.05, 3.63) is 77.2 Å². The number of aliphatic carboxylic acids is 2. The molecule has 0 aliphatic heterocycles. The van der Waals surface area contributed by atoms with E-state index in [0.29, 0.717) is 35.1 Å². The number of aryl methyl sites for hydroxylation is 1. The van der Waals surface area contributed by atoms with Gasteiger partial charge in [0, 0.05) is 36.7 Å². The van der Waals surface area contributed by atoms with Gasteiger partial charge in [-0.2, -0.15) is 5.10 Å². The topological polar surface area (TPSA) is 151 Å². The van der Waals surface area contributed by atoms with E-state index in [1.54, 1.807) is 56.4 Å². The maximum Gasteiger partial charge on any atom is 0.328 e. The van der Waals surface area contributed by atoms with Crippen LogP contribution in [0.15, 0.2) is 70.7 Å². The molecule has 33 heavy (non-hydrogen) atoms. The number of aromatic nitrogens is 3. The number of halogens is 1. The second-order valence-corrected chi connectivity index (χ2v) is 8.82. The van der Waals surface area contributed by atoms with Crippen molar-refractivity contribution >= 4 is 33.4 Å². The summed E-state index contributed by atoms with van der Waals surface area (Å²) in [6.45, 7) is 2.24. The van der Waals surface area contributed by atoms with E-state index in [4.69, 9.17) is 21.8 Å². The van der Waals surface area contributed by atoms with Gasteiger partial charge in [0.05, 0.1) is 21.3 Å². The number of hydrogen-bond donors (Lipinski definition) is 3. The number of sulfone groups is 1. The fourth-order valence-electron chi connectivity index (χ4n) is 2.54. The van der Waals surface area contributed by atoms with Gasteiger partial charge in [-0.15, -0.1) is 0 Å². The Balaban J connectivity index is 0.000000414. The number of nitrogens with zero attached hydrogens (tertiary/aromatic N) is 3. The summed E-state index contributed by atoms with van der Waals surface area (Å²) in [5.41, 5.74) is 1.85. The summed E-state index contributed by atoms with van der Waals surface area (Å²) in [4.78, 5) is 23.3. The van der Waals surface area contributed by atoms with Gasteiger partial charge in [-0.25, -0.2) is 22.7 Å². The van der Waals surface area contributed by atoms with E-state index >= 15 is 0 Å². The van der Waals surface area contributed by atoms with E-state index in [9.17, 15) is 18.0 Å². The third kappa shape index (κ3) is 6.97. The maximum atomic E-state index is 13.1. The minimum absolute atomic E-state index is 0.0523. The number of rotatable bonds is 7. The van der Waals surface area contributed by atoms with Crippen LogP contribution in [0.4, 0.5) is 0 Å². The predicted octanol–water partition coefficient (Wildman–Crippen LogP) is 2.49. The zero-order valence-electron chi connectivity index (χ0n) is 17.6. The van der Waals surface area contributed by atoms with Gasteiger partial charge in [0.15, 0.2) is 5.03 Å². The van der Waals surface area contributed by atoms with Crippen LogP contribution in [-0.2, 0) is 26.0 Å². The standard InChI is InChI=1S/C17H17ClN4O2S.C4H4O4/c1-12-7-8-14(11-20-12)25(23,24)17-9-13(10-19-2)21-22(17)16-6-4-3-5-15(16)18;5-3(6)1-2-4(7)8/h3-9,11,19H,10H2,1-2H3;1-2H,(H,5,6)(H,7,8). The lowest BCUT2D eigenvalue weighted by atomic mass is 10.3. The van der Waals surface area contributed by atoms with Crippen LogP contribution < -0.4 is 5.32 Å². The number of benzene rings is 1. The Morgan fingerprint density at radius 1 is 1.12 bits per heavy atom. The number of para-hydroxylation sites is 1. The molecule has 12 heteroatoms. The number of carboxylic acids is 2. The average Bonchev–Trinajstić information content (AvgIpc) is 3.18. The van der Waals surface area contributed by atoms with Crippen LogP contribution >= 0.6 is 11.6 Å². The molecule has 0 aliphatic carbocycles. The van der Waals surface area contributed by atoms with Gasteiger partial charge in [0.2, 0.25) is 9.84 Å². The van der Waals surface area contributed by atoms with Gasteiger partial charge in [0.25, 0.3) is 0 Å². The summed E-state index contributed by atoms with van der Waals surface area (Å²) in [6, 6.07) is 11.7. The molecule has 0 aliphatic rings. The van der Waals surface area contributed by atoms with Crippen molar-refractivity contribution in [2.75, 3.05) is 7.05 Å². The van der Waals surface area contributed by atoms with Crippen molar-refractivity contribution < 1.29 is 28.2 Å². The van der Waals surface area contributed by atoms with Gasteiger partial charge in [-0.1, -0.05) is 23.7 Å². The number of pyridine rings is 1. The van der Waals surface area contributed by atoms with Crippen molar-refractivity contribution in [2.24, 2.45) is 0 Å². The molecular formula is C21H21ClN4O6S. The Bertz CT molecular complexity index is 1250. The lowest BCUT2D eigenvalue weighted by Gasteiger charge is -2.10. The fraction of sp³-hybridized carbons (Fsp3) is 0.143. The molecule has 3 N–H and O–H groups in total. The minimum atomic E-state index is -3.80. The van der Waals surface area contributed by atoms with Crippen LogP contribution in [0.25, 0.3) is 5.69 Å². The monoisotopic (exact) mass is 492 g/mol. The van der Waals surface area contributed by atoms with Crippen LogP contribution in [0, 0.1) is 6.92 Å². The van der Waals surface area contributed by atoms with Gasteiger partial charge in [-0.05, 0) is 38.2 Å². The van der Waals surface area contributed by atoms with E-state index in [0.717, 1.165) is 5.69 Å². The Morgan fingerprint density at radius 2 is 1.76 bits per heavy atom. The lowest BCUT2D eigenvalue weighted by Crippen LogP contribution is -2.11. The Labute approximate surface area is 195 Å². The molecule has 0 spiro atoms. The molecule has 3 rings (SSSR count). The minimum Gasteiger partial charge on any atom is -0.478 e. The summed E-state index contributed by atoms with van der Waals surface area (Å²) in [6.07, 6.45) is 2.47. The first kappa shape index (κ1) is 25.7. The summed E-state index contributed by atoms with van der Waals surface area (Å²) in [7, 11) is -2.03. The molecule has 2 aromatic heterocycles. The fourth-order valence-corrected chi connectivity index (χ4v) is 4.10. The molecule has 1 aromatic carbocycles. The number of nitrogens with one attached hydrogen (secondary N) is 1. The largest absolute Gasteiger partial charge is 0.478 e. The SMILES string of the molecule is CNCc1cc(S(=O)(=O)c2ccc(C)nc2)n(-c2ccccc2Cl)n1.O=C(O)C=CC(=O)O. The molecule has 0 atom stereocenters. The second kappa shape index (κ2) is 11.4. The molecule has 0 bridgehead atoms. The lowest BCUT2D eigenvalue weighted by molar-refractivity contribution is -0.134. The van der Waals surface area contributed by atoms with E-state index < -0.39 is 21.8 Å². The molecule has 0 radical (unpaired) electrons. The summed E-state index contributed by atoms with van der Waals surface area (Å²) >= 11 is 6.25. The van der Waals surface area contributed by atoms with Crippen LogP contribution in [0.3, 0.4) is 0 Å². The number of hydrogen-bond acceptors (Lipinski definition) is 7. The molecule has 0 saturated carbocycles. The highest BCUT2D eigenvalue weighted by molar-refractivity contribution is 7.91. The highest BCUT2D eigenvalue weighted by atomic mass is 35.5. The zero-order valence-corrected chi connectivity index (χ0v) is 19.2.